The first-order chi connectivity index (χ1) is 7.61. The number of fused-ring (bicyclic) bond motifs is 1. The third kappa shape index (κ3) is 1.96. The zero-order chi connectivity index (χ0) is 11.7. The van der Waals surface area contributed by atoms with Gasteiger partial charge < -0.3 is 14.9 Å². The molecule has 2 aromatic rings. The number of furan rings is 1. The lowest BCUT2D eigenvalue weighted by Crippen LogP contribution is -2.21. The van der Waals surface area contributed by atoms with Crippen LogP contribution in [0.4, 0.5) is 0 Å². The van der Waals surface area contributed by atoms with Crippen molar-refractivity contribution in [2.45, 2.75) is 6.04 Å². The second kappa shape index (κ2) is 4.27. The SMILES string of the molecule is COC(=O)C(N)c1cc2cc(Br)ccc2o1. The Kier molecular flexibility index (Phi) is 2.98. The second-order valence-electron chi connectivity index (χ2n) is 3.33. The summed E-state index contributed by atoms with van der Waals surface area (Å²) in [6.45, 7) is 0. The number of esters is 1. The van der Waals surface area contributed by atoms with Crippen LogP contribution in [0, 0.1) is 0 Å². The van der Waals surface area contributed by atoms with Gasteiger partial charge in [-0.2, -0.15) is 0 Å². The Morgan fingerprint density at radius 1 is 1.50 bits per heavy atom. The van der Waals surface area contributed by atoms with Crippen molar-refractivity contribution in [1.82, 2.24) is 0 Å². The number of ether oxygens (including phenoxy) is 1. The third-order valence-electron chi connectivity index (χ3n) is 2.26. The van der Waals surface area contributed by atoms with E-state index in [1.165, 1.54) is 7.11 Å². The molecule has 0 fully saturated rings. The Hall–Kier alpha value is -1.33. The van der Waals surface area contributed by atoms with E-state index < -0.39 is 12.0 Å². The molecule has 0 aliphatic heterocycles. The summed E-state index contributed by atoms with van der Waals surface area (Å²) in [5.41, 5.74) is 6.36. The maximum atomic E-state index is 11.2. The van der Waals surface area contributed by atoms with Crippen molar-refractivity contribution in [3.05, 3.63) is 34.5 Å². The van der Waals surface area contributed by atoms with Crippen LogP contribution in [0.3, 0.4) is 0 Å². The van der Waals surface area contributed by atoms with E-state index in [4.69, 9.17) is 10.2 Å². The minimum Gasteiger partial charge on any atom is -0.468 e. The third-order valence-corrected chi connectivity index (χ3v) is 2.75. The zero-order valence-electron chi connectivity index (χ0n) is 8.57. The van der Waals surface area contributed by atoms with Crippen molar-refractivity contribution >= 4 is 32.9 Å². The number of carbonyl (C=O) groups excluding carboxylic acids is 1. The van der Waals surface area contributed by atoms with Crippen LogP contribution in [0.15, 0.2) is 33.2 Å². The summed E-state index contributed by atoms with van der Waals surface area (Å²) >= 11 is 3.36. The largest absolute Gasteiger partial charge is 0.468 e. The van der Waals surface area contributed by atoms with E-state index in [0.29, 0.717) is 11.3 Å². The summed E-state index contributed by atoms with van der Waals surface area (Å²) in [5.74, 6) is -0.113. The van der Waals surface area contributed by atoms with Gasteiger partial charge in [0.2, 0.25) is 0 Å². The molecule has 4 nitrogen and oxygen atoms in total. The van der Waals surface area contributed by atoms with Crippen LogP contribution in [0.2, 0.25) is 0 Å². The predicted octanol–water partition coefficient (Wildman–Crippen LogP) is 2.37. The molecule has 2 N–H and O–H groups in total. The number of methoxy groups -OCH3 is 1. The van der Waals surface area contributed by atoms with Gasteiger partial charge in [0.05, 0.1) is 7.11 Å². The van der Waals surface area contributed by atoms with E-state index in [9.17, 15) is 4.79 Å². The smallest absolute Gasteiger partial charge is 0.330 e. The molecule has 0 spiro atoms. The molecule has 5 heteroatoms. The lowest BCUT2D eigenvalue weighted by atomic mass is 10.2. The summed E-state index contributed by atoms with van der Waals surface area (Å²) in [6.07, 6.45) is 0. The summed E-state index contributed by atoms with van der Waals surface area (Å²) < 4.78 is 11.0. The van der Waals surface area contributed by atoms with E-state index >= 15 is 0 Å². The highest BCUT2D eigenvalue weighted by atomic mass is 79.9. The van der Waals surface area contributed by atoms with Crippen molar-refractivity contribution in [1.29, 1.82) is 0 Å². The molecule has 1 aromatic carbocycles. The van der Waals surface area contributed by atoms with Gasteiger partial charge in [-0.05, 0) is 24.3 Å². The van der Waals surface area contributed by atoms with Gasteiger partial charge >= 0.3 is 5.97 Å². The maximum absolute atomic E-state index is 11.2. The average Bonchev–Trinajstić information content (AvgIpc) is 2.69. The summed E-state index contributed by atoms with van der Waals surface area (Å²) in [6, 6.07) is 6.43. The van der Waals surface area contributed by atoms with Crippen LogP contribution >= 0.6 is 15.9 Å². The number of halogens is 1. The molecule has 0 saturated heterocycles. The van der Waals surface area contributed by atoms with E-state index in [-0.39, 0.29) is 0 Å². The molecular formula is C11H10BrNO3. The van der Waals surface area contributed by atoms with Crippen LogP contribution in [0.25, 0.3) is 11.0 Å². The van der Waals surface area contributed by atoms with Crippen molar-refractivity contribution in [2.75, 3.05) is 7.11 Å². The number of hydrogen-bond acceptors (Lipinski definition) is 4. The van der Waals surface area contributed by atoms with Gasteiger partial charge in [-0.15, -0.1) is 0 Å². The molecule has 16 heavy (non-hydrogen) atoms. The molecule has 1 unspecified atom stereocenters. The quantitative estimate of drug-likeness (QED) is 0.860. The Morgan fingerprint density at radius 3 is 2.94 bits per heavy atom. The molecule has 2 rings (SSSR count). The summed E-state index contributed by atoms with van der Waals surface area (Å²) in [4.78, 5) is 11.2. The van der Waals surface area contributed by atoms with Crippen LogP contribution < -0.4 is 5.73 Å². The predicted molar refractivity (Wildman–Crippen MR) is 62.9 cm³/mol. The zero-order valence-corrected chi connectivity index (χ0v) is 10.2. The first-order valence-electron chi connectivity index (χ1n) is 4.64. The first-order valence-corrected chi connectivity index (χ1v) is 5.43. The number of hydrogen-bond donors (Lipinski definition) is 1. The summed E-state index contributed by atoms with van der Waals surface area (Å²) in [5, 5.41) is 0.892. The molecule has 1 aromatic heterocycles. The first kappa shape index (κ1) is 11.2. The van der Waals surface area contributed by atoms with Crippen LogP contribution in [-0.2, 0) is 9.53 Å². The Balaban J connectivity index is 2.43. The number of rotatable bonds is 2. The molecule has 0 aliphatic carbocycles. The highest BCUT2D eigenvalue weighted by Crippen LogP contribution is 2.26. The van der Waals surface area contributed by atoms with Crippen molar-refractivity contribution in [2.24, 2.45) is 5.73 Å². The fraction of sp³-hybridized carbons (Fsp3) is 0.182. The lowest BCUT2D eigenvalue weighted by molar-refractivity contribution is -0.142. The monoisotopic (exact) mass is 283 g/mol. The highest BCUT2D eigenvalue weighted by molar-refractivity contribution is 9.10. The Labute approximate surface area is 100 Å². The normalized spacial score (nSPS) is 12.7. The Morgan fingerprint density at radius 2 is 2.25 bits per heavy atom. The number of benzene rings is 1. The Bertz CT molecular complexity index is 535. The van der Waals surface area contributed by atoms with Gasteiger partial charge in [-0.3, -0.25) is 0 Å². The van der Waals surface area contributed by atoms with E-state index in [1.807, 2.05) is 18.2 Å². The molecule has 1 atom stereocenters. The molecule has 0 radical (unpaired) electrons. The molecule has 0 aliphatic rings. The molecule has 0 saturated carbocycles. The van der Waals surface area contributed by atoms with E-state index in [2.05, 4.69) is 20.7 Å². The number of carbonyl (C=O) groups is 1. The molecule has 0 bridgehead atoms. The van der Waals surface area contributed by atoms with Crippen LogP contribution in [0.1, 0.15) is 11.8 Å². The lowest BCUT2D eigenvalue weighted by Gasteiger charge is -2.04. The number of nitrogens with two attached hydrogens (primary N) is 1. The van der Waals surface area contributed by atoms with Crippen molar-refractivity contribution < 1.29 is 13.9 Å². The fourth-order valence-electron chi connectivity index (χ4n) is 1.43. The average molecular weight is 284 g/mol. The topological polar surface area (TPSA) is 65.5 Å². The van der Waals surface area contributed by atoms with Gasteiger partial charge in [0.25, 0.3) is 0 Å². The molecular weight excluding hydrogens is 274 g/mol. The molecule has 84 valence electrons. The fourth-order valence-corrected chi connectivity index (χ4v) is 1.81. The van der Waals surface area contributed by atoms with Gasteiger partial charge in [-0.25, -0.2) is 4.79 Å². The van der Waals surface area contributed by atoms with Crippen molar-refractivity contribution in [3.8, 4) is 0 Å². The minimum atomic E-state index is -0.879. The van der Waals surface area contributed by atoms with Crippen LogP contribution in [0.5, 0.6) is 0 Å². The van der Waals surface area contributed by atoms with Gasteiger partial charge in [0.1, 0.15) is 11.3 Å². The van der Waals surface area contributed by atoms with Gasteiger partial charge in [0.15, 0.2) is 6.04 Å². The van der Waals surface area contributed by atoms with E-state index in [1.54, 1.807) is 6.07 Å². The second-order valence-corrected chi connectivity index (χ2v) is 4.25. The molecule has 1 heterocycles. The maximum Gasteiger partial charge on any atom is 0.330 e. The van der Waals surface area contributed by atoms with Gasteiger partial charge in [-0.1, -0.05) is 15.9 Å². The minimum absolute atomic E-state index is 0.403. The highest BCUT2D eigenvalue weighted by Gasteiger charge is 2.20. The van der Waals surface area contributed by atoms with E-state index in [0.717, 1.165) is 9.86 Å². The molecule has 0 amide bonds. The van der Waals surface area contributed by atoms with Gasteiger partial charge in [0, 0.05) is 9.86 Å². The van der Waals surface area contributed by atoms with Crippen molar-refractivity contribution in [3.63, 3.8) is 0 Å². The summed E-state index contributed by atoms with van der Waals surface area (Å²) in [7, 11) is 1.29. The standard InChI is InChI=1S/C11H10BrNO3/c1-15-11(14)10(13)9-5-6-4-7(12)2-3-8(6)16-9/h2-5,10H,13H2,1H3. The van der Waals surface area contributed by atoms with Crippen LogP contribution in [-0.4, -0.2) is 13.1 Å².